The zero-order chi connectivity index (χ0) is 17.9. The zero-order valence-electron chi connectivity index (χ0n) is 15.1. The first-order valence-corrected chi connectivity index (χ1v) is 9.62. The molecule has 8 heteroatoms. The first-order chi connectivity index (χ1) is 12.8. The number of hydrogen-bond acceptors (Lipinski definition) is 6. The van der Waals surface area contributed by atoms with Gasteiger partial charge in [0.2, 0.25) is 0 Å². The molecular weight excluding hydrogens is 352 g/mol. The molecule has 2 fully saturated rings. The number of nitrogens with zero attached hydrogens (tertiary/aromatic N) is 6. The summed E-state index contributed by atoms with van der Waals surface area (Å²) >= 11 is 6.12. The highest BCUT2D eigenvalue weighted by molar-refractivity contribution is 6.30. The molecule has 0 radical (unpaired) electrons. The molecule has 26 heavy (non-hydrogen) atoms. The Morgan fingerprint density at radius 1 is 1.23 bits per heavy atom. The number of hydrogen-bond donors (Lipinski definition) is 0. The molecule has 2 aliphatic rings. The highest BCUT2D eigenvalue weighted by Gasteiger charge is 2.36. The molecule has 0 saturated carbocycles. The number of ether oxygens (including phenoxy) is 1. The number of aromatic nitrogens is 4. The SMILES string of the molecule is COCCn1nnnc1[C@@H](c1ccc(Cl)cc1)N1CCN2CCC[C@@H]2C1. The predicted octanol–water partition coefficient (Wildman–Crippen LogP) is 1.84. The lowest BCUT2D eigenvalue weighted by atomic mass is 10.0. The topological polar surface area (TPSA) is 59.3 Å². The van der Waals surface area contributed by atoms with Crippen molar-refractivity contribution in [1.29, 1.82) is 0 Å². The third kappa shape index (κ3) is 3.62. The average Bonchev–Trinajstić information content (AvgIpc) is 3.31. The van der Waals surface area contributed by atoms with Crippen LogP contribution in [0.1, 0.15) is 30.3 Å². The summed E-state index contributed by atoms with van der Waals surface area (Å²) in [5.41, 5.74) is 1.18. The maximum Gasteiger partial charge on any atom is 0.173 e. The van der Waals surface area contributed by atoms with Crippen LogP contribution in [0.5, 0.6) is 0 Å². The van der Waals surface area contributed by atoms with Gasteiger partial charge in [0.1, 0.15) is 0 Å². The van der Waals surface area contributed by atoms with Crippen LogP contribution >= 0.6 is 11.6 Å². The zero-order valence-corrected chi connectivity index (χ0v) is 15.8. The van der Waals surface area contributed by atoms with Crippen molar-refractivity contribution in [3.05, 3.63) is 40.7 Å². The molecule has 0 unspecified atom stereocenters. The maximum absolute atomic E-state index is 6.12. The second kappa shape index (κ2) is 8.00. The van der Waals surface area contributed by atoms with Crippen molar-refractivity contribution in [1.82, 2.24) is 30.0 Å². The van der Waals surface area contributed by atoms with E-state index in [1.54, 1.807) is 7.11 Å². The van der Waals surface area contributed by atoms with Crippen LogP contribution in [0.4, 0.5) is 0 Å². The Bertz CT molecular complexity index is 721. The maximum atomic E-state index is 6.12. The van der Waals surface area contributed by atoms with Gasteiger partial charge in [-0.25, -0.2) is 4.68 Å². The first kappa shape index (κ1) is 17.9. The summed E-state index contributed by atoms with van der Waals surface area (Å²) < 4.78 is 7.08. The van der Waals surface area contributed by atoms with Crippen LogP contribution in [0, 0.1) is 0 Å². The Morgan fingerprint density at radius 2 is 2.08 bits per heavy atom. The Kier molecular flexibility index (Phi) is 5.49. The molecule has 2 atom stereocenters. The van der Waals surface area contributed by atoms with Crippen molar-refractivity contribution in [2.24, 2.45) is 0 Å². The summed E-state index contributed by atoms with van der Waals surface area (Å²) in [6.07, 6.45) is 2.58. The highest BCUT2D eigenvalue weighted by atomic mass is 35.5. The number of fused-ring (bicyclic) bond motifs is 1. The van der Waals surface area contributed by atoms with Gasteiger partial charge in [0.25, 0.3) is 0 Å². The number of halogens is 1. The molecule has 7 nitrogen and oxygen atoms in total. The van der Waals surface area contributed by atoms with Crippen LogP contribution in [0.15, 0.2) is 24.3 Å². The van der Waals surface area contributed by atoms with Gasteiger partial charge in [0.15, 0.2) is 5.82 Å². The minimum Gasteiger partial charge on any atom is -0.383 e. The van der Waals surface area contributed by atoms with E-state index < -0.39 is 0 Å². The molecule has 0 spiro atoms. The number of rotatable bonds is 6. The van der Waals surface area contributed by atoms with Gasteiger partial charge >= 0.3 is 0 Å². The molecule has 0 amide bonds. The standard InChI is InChI=1S/C18H25ClN6O/c1-26-12-11-25-18(20-21-22-25)17(14-4-6-15(19)7-5-14)24-10-9-23-8-2-3-16(23)13-24/h4-7,16-17H,2-3,8-13H2,1H3/t16-,17-/m1/s1. The van der Waals surface area contributed by atoms with Crippen molar-refractivity contribution in [2.45, 2.75) is 31.5 Å². The minimum atomic E-state index is 0.0295. The van der Waals surface area contributed by atoms with Crippen LogP contribution in [0.25, 0.3) is 0 Å². The van der Waals surface area contributed by atoms with Crippen LogP contribution in [0.2, 0.25) is 5.02 Å². The Balaban J connectivity index is 1.66. The summed E-state index contributed by atoms with van der Waals surface area (Å²) in [6, 6.07) is 8.73. The molecule has 4 rings (SSSR count). The molecule has 2 saturated heterocycles. The largest absolute Gasteiger partial charge is 0.383 e. The van der Waals surface area contributed by atoms with E-state index in [0.717, 1.165) is 30.5 Å². The van der Waals surface area contributed by atoms with Crippen LogP contribution < -0.4 is 0 Å². The third-order valence-electron chi connectivity index (χ3n) is 5.48. The normalized spacial score (nSPS) is 22.5. The number of methoxy groups -OCH3 is 1. The van der Waals surface area contributed by atoms with Crippen LogP contribution in [-0.2, 0) is 11.3 Å². The predicted molar refractivity (Wildman–Crippen MR) is 99.2 cm³/mol. The van der Waals surface area contributed by atoms with E-state index in [-0.39, 0.29) is 6.04 Å². The van der Waals surface area contributed by atoms with Gasteiger partial charge in [-0.05, 0) is 47.5 Å². The Hall–Kier alpha value is -1.54. The third-order valence-corrected chi connectivity index (χ3v) is 5.73. The second-order valence-electron chi connectivity index (χ2n) is 7.03. The van der Waals surface area contributed by atoms with E-state index in [1.165, 1.54) is 24.9 Å². The molecule has 140 valence electrons. The smallest absolute Gasteiger partial charge is 0.173 e. The summed E-state index contributed by atoms with van der Waals surface area (Å²) in [6.45, 7) is 5.63. The minimum absolute atomic E-state index is 0.0295. The van der Waals surface area contributed by atoms with Crippen molar-refractivity contribution in [2.75, 3.05) is 39.9 Å². The lowest BCUT2D eigenvalue weighted by Gasteiger charge is -2.41. The number of benzene rings is 1. The van der Waals surface area contributed by atoms with Crippen molar-refractivity contribution in [3.8, 4) is 0 Å². The summed E-state index contributed by atoms with van der Waals surface area (Å²) in [5, 5.41) is 13.3. The molecule has 0 bridgehead atoms. The molecule has 3 heterocycles. The second-order valence-corrected chi connectivity index (χ2v) is 7.47. The van der Waals surface area contributed by atoms with Crippen molar-refractivity contribution in [3.63, 3.8) is 0 Å². The van der Waals surface area contributed by atoms with E-state index >= 15 is 0 Å². The summed E-state index contributed by atoms with van der Waals surface area (Å²) in [4.78, 5) is 5.13. The van der Waals surface area contributed by atoms with Gasteiger partial charge in [-0.1, -0.05) is 23.7 Å². The molecule has 0 aliphatic carbocycles. The lowest BCUT2D eigenvalue weighted by Crippen LogP contribution is -2.51. The average molecular weight is 377 g/mol. The van der Waals surface area contributed by atoms with Gasteiger partial charge in [0.05, 0.1) is 19.2 Å². The summed E-state index contributed by atoms with van der Waals surface area (Å²) in [5.74, 6) is 0.871. The Morgan fingerprint density at radius 3 is 2.88 bits per heavy atom. The van der Waals surface area contributed by atoms with Crippen LogP contribution in [0.3, 0.4) is 0 Å². The van der Waals surface area contributed by atoms with Gasteiger partial charge in [-0.15, -0.1) is 5.10 Å². The van der Waals surface area contributed by atoms with E-state index in [9.17, 15) is 0 Å². The van der Waals surface area contributed by atoms with Gasteiger partial charge in [-0.2, -0.15) is 0 Å². The molecule has 2 aliphatic heterocycles. The van der Waals surface area contributed by atoms with Gasteiger partial charge < -0.3 is 4.74 Å². The van der Waals surface area contributed by atoms with Crippen molar-refractivity contribution < 1.29 is 4.74 Å². The van der Waals surface area contributed by atoms with Gasteiger partial charge in [-0.3, -0.25) is 9.80 Å². The molecule has 0 N–H and O–H groups in total. The monoisotopic (exact) mass is 376 g/mol. The fourth-order valence-corrected chi connectivity index (χ4v) is 4.29. The number of tetrazole rings is 1. The fraction of sp³-hybridized carbons (Fsp3) is 0.611. The highest BCUT2D eigenvalue weighted by Crippen LogP contribution is 2.32. The fourth-order valence-electron chi connectivity index (χ4n) is 4.16. The summed E-state index contributed by atoms with van der Waals surface area (Å²) in [7, 11) is 1.69. The van der Waals surface area contributed by atoms with Crippen molar-refractivity contribution >= 4 is 11.6 Å². The molecular formula is C18H25ClN6O. The van der Waals surface area contributed by atoms with E-state index in [1.807, 2.05) is 16.8 Å². The molecule has 2 aromatic rings. The molecule has 1 aromatic carbocycles. The van der Waals surface area contributed by atoms with Crippen LogP contribution in [-0.4, -0.2) is 75.9 Å². The van der Waals surface area contributed by atoms with E-state index in [0.29, 0.717) is 19.2 Å². The van der Waals surface area contributed by atoms with E-state index in [2.05, 4.69) is 37.5 Å². The molecule has 1 aromatic heterocycles. The number of piperazine rings is 1. The Labute approximate surface area is 158 Å². The van der Waals surface area contributed by atoms with Gasteiger partial charge in [0, 0.05) is 37.8 Å². The first-order valence-electron chi connectivity index (χ1n) is 9.25. The van der Waals surface area contributed by atoms with E-state index in [4.69, 9.17) is 16.3 Å². The quantitative estimate of drug-likeness (QED) is 0.766. The lowest BCUT2D eigenvalue weighted by molar-refractivity contribution is 0.0785.